The number of amides is 2. The van der Waals surface area contributed by atoms with E-state index in [4.69, 9.17) is 33.7 Å². The van der Waals surface area contributed by atoms with Crippen LogP contribution in [-0.2, 0) is 48.8 Å². The molecule has 1 aromatic heterocycles. The number of aromatic nitrogens is 2. The predicted octanol–water partition coefficient (Wildman–Crippen LogP) is 12.7. The molecule has 0 saturated heterocycles. The molecule has 2 unspecified atom stereocenters. The smallest absolute Gasteiger partial charge is 0.462 e. The van der Waals surface area contributed by atoms with Crippen molar-refractivity contribution in [3.63, 3.8) is 0 Å². The summed E-state index contributed by atoms with van der Waals surface area (Å²) in [4.78, 5) is 71.1. The van der Waals surface area contributed by atoms with E-state index in [1.54, 1.807) is 31.3 Å². The summed E-state index contributed by atoms with van der Waals surface area (Å²) in [6.45, 7) is 3.59. The number of esters is 2. The molecule has 77 heavy (non-hydrogen) atoms. The first-order valence-electron chi connectivity index (χ1n) is 28.8. The molecule has 0 aliphatic carbocycles. The van der Waals surface area contributed by atoms with Crippen molar-refractivity contribution < 1.29 is 56.6 Å². The highest BCUT2D eigenvalue weighted by Crippen LogP contribution is 2.43. The van der Waals surface area contributed by atoms with E-state index in [1.807, 2.05) is 0 Å². The summed E-state index contributed by atoms with van der Waals surface area (Å²) >= 11 is 0. The van der Waals surface area contributed by atoms with Gasteiger partial charge >= 0.3 is 25.8 Å². The average Bonchev–Trinajstić information content (AvgIpc) is 3.42. The van der Waals surface area contributed by atoms with Crippen LogP contribution in [0.1, 0.15) is 210 Å². The van der Waals surface area contributed by atoms with Gasteiger partial charge in [-0.2, -0.15) is 9.97 Å². The molecule has 2 aromatic rings. The summed E-state index contributed by atoms with van der Waals surface area (Å²) in [5, 5.41) is 5.54. The lowest BCUT2D eigenvalue weighted by atomic mass is 10.1. The number of allylic oxidation sites excluding steroid dienone is 4. The standard InChI is InChI=1S/C58H97N6O12P/c1-5-7-9-11-13-15-17-19-21-23-25-27-29-31-33-35-52(66)73-46-51(76-53(67)36-34-32-30-28-26-24-22-20-18-16-14-12-10-8-6-2)47-75-77(69,70)74-42-41-61-57(68)50-39-37-49(38-40-50)45-64(48-65)56-54(60-3)55(59)62-58(63-56)72-44-43-71-4/h19-22,37-40,48,51,60H,5-18,23-36,41-47H2,1-4H3,(H,61,68)(H,69,70)(H2,59,62,63)/b21-19-,22-20-. The molecule has 0 spiro atoms. The van der Waals surface area contributed by atoms with Gasteiger partial charge in [0, 0.05) is 39.1 Å². The maximum Gasteiger partial charge on any atom is 0.472 e. The molecule has 0 bridgehead atoms. The molecule has 0 aliphatic rings. The zero-order valence-corrected chi connectivity index (χ0v) is 48.2. The Morgan fingerprint density at radius 3 is 1.73 bits per heavy atom. The van der Waals surface area contributed by atoms with Crippen molar-refractivity contribution >= 4 is 49.4 Å². The third-order valence-corrected chi connectivity index (χ3v) is 13.7. The summed E-state index contributed by atoms with van der Waals surface area (Å²) in [5.41, 5.74) is 7.39. The van der Waals surface area contributed by atoms with E-state index in [9.17, 15) is 28.6 Å². The topological polar surface area (TPSA) is 240 Å². The first kappa shape index (κ1) is 68.2. The first-order valence-corrected chi connectivity index (χ1v) is 30.3. The van der Waals surface area contributed by atoms with Crippen molar-refractivity contribution in [3.05, 3.63) is 59.7 Å². The van der Waals surface area contributed by atoms with Crippen molar-refractivity contribution in [2.45, 2.75) is 206 Å². The van der Waals surface area contributed by atoms with E-state index in [1.165, 1.54) is 89.1 Å². The van der Waals surface area contributed by atoms with Crippen molar-refractivity contribution in [3.8, 4) is 6.01 Å². The van der Waals surface area contributed by atoms with Crippen LogP contribution < -0.4 is 26.0 Å². The fourth-order valence-electron chi connectivity index (χ4n) is 8.24. The molecule has 0 aliphatic heterocycles. The number of phosphoric ester groups is 1. The molecule has 2 atom stereocenters. The van der Waals surface area contributed by atoms with Gasteiger partial charge in [0.05, 0.1) is 26.4 Å². The van der Waals surface area contributed by atoms with E-state index >= 15 is 0 Å². The van der Waals surface area contributed by atoms with Crippen molar-refractivity contribution in [1.29, 1.82) is 0 Å². The molecular formula is C58H97N6O12P. The Morgan fingerprint density at radius 2 is 1.21 bits per heavy atom. The third kappa shape index (κ3) is 34.6. The predicted molar refractivity (Wildman–Crippen MR) is 306 cm³/mol. The zero-order valence-electron chi connectivity index (χ0n) is 47.3. The van der Waals surface area contributed by atoms with Crippen LogP contribution in [0.3, 0.4) is 0 Å². The molecule has 18 nitrogen and oxygen atoms in total. The number of benzene rings is 1. The van der Waals surface area contributed by atoms with Gasteiger partial charge in [0.15, 0.2) is 17.7 Å². The number of hydrogen-bond acceptors (Lipinski definition) is 15. The molecule has 1 aromatic carbocycles. The Kier molecular flexibility index (Phi) is 39.9. The number of hydrogen-bond donors (Lipinski definition) is 4. The number of unbranched alkanes of at least 4 members (excludes halogenated alkanes) is 22. The second-order valence-electron chi connectivity index (χ2n) is 19.4. The molecule has 436 valence electrons. The van der Waals surface area contributed by atoms with Gasteiger partial charge in [0.1, 0.15) is 18.9 Å². The van der Waals surface area contributed by atoms with E-state index < -0.39 is 38.4 Å². The van der Waals surface area contributed by atoms with E-state index in [-0.39, 0.29) is 69.0 Å². The molecule has 5 N–H and O–H groups in total. The van der Waals surface area contributed by atoms with E-state index in [0.29, 0.717) is 37.1 Å². The maximum absolute atomic E-state index is 13.0. The minimum atomic E-state index is -4.70. The van der Waals surface area contributed by atoms with Gasteiger partial charge in [-0.1, -0.05) is 153 Å². The number of nitrogens with two attached hydrogens (primary N) is 1. The molecule has 19 heteroatoms. The maximum atomic E-state index is 13.0. The Bertz CT molecular complexity index is 1990. The largest absolute Gasteiger partial charge is 0.472 e. The van der Waals surface area contributed by atoms with Crippen molar-refractivity contribution in [2.24, 2.45) is 0 Å². The Hall–Kier alpha value is -4.87. The SMILES string of the molecule is CCCCCCCC/C=C\CCCCCCCC(=O)OCC(COP(=O)(O)OCCNC(=O)c1ccc(CN(C=O)c2nc(OCCOC)nc(N)c2NC)cc1)OC(=O)CCCCCCC/C=C\CCCCCCCC. The summed E-state index contributed by atoms with van der Waals surface area (Å²) < 4.78 is 44.8. The highest BCUT2D eigenvalue weighted by Gasteiger charge is 2.26. The molecular weight excluding hydrogens is 1000 g/mol. The van der Waals surface area contributed by atoms with Crippen LogP contribution in [0.5, 0.6) is 6.01 Å². The lowest BCUT2D eigenvalue weighted by Crippen LogP contribution is -2.30. The Labute approximate surface area is 461 Å². The number of nitrogens with zero attached hydrogens (tertiary/aromatic N) is 3. The van der Waals surface area contributed by atoms with Crippen LogP contribution >= 0.6 is 7.82 Å². The molecule has 2 rings (SSSR count). The Morgan fingerprint density at radius 1 is 0.688 bits per heavy atom. The number of methoxy groups -OCH3 is 1. The fraction of sp³-hybridized carbons (Fsp3) is 0.690. The number of rotatable bonds is 50. The number of carbonyl (C=O) groups excluding carboxylic acids is 4. The van der Waals surface area contributed by atoms with Crippen molar-refractivity contribution in [2.75, 3.05) is 69.7 Å². The minimum absolute atomic E-state index is 0.0261. The second-order valence-corrected chi connectivity index (χ2v) is 20.9. The normalized spacial score (nSPS) is 12.6. The number of anilines is 3. The monoisotopic (exact) mass is 1100 g/mol. The van der Waals surface area contributed by atoms with Crippen molar-refractivity contribution in [1.82, 2.24) is 15.3 Å². The summed E-state index contributed by atoms with van der Waals surface area (Å²) in [6, 6.07) is 6.42. The van der Waals surface area contributed by atoms with Crippen LogP contribution in [-0.4, -0.2) is 99.0 Å². The van der Waals surface area contributed by atoms with Gasteiger partial charge < -0.3 is 40.2 Å². The van der Waals surface area contributed by atoms with Gasteiger partial charge in [-0.3, -0.25) is 33.1 Å². The molecule has 0 fully saturated rings. The van der Waals surface area contributed by atoms with Gasteiger partial charge in [0.25, 0.3) is 5.91 Å². The number of carbonyl (C=O) groups is 4. The third-order valence-electron chi connectivity index (χ3n) is 12.7. The van der Waals surface area contributed by atoms with Crippen LogP contribution in [0.4, 0.5) is 17.3 Å². The number of ether oxygens (including phenoxy) is 4. The number of phosphoric acid groups is 1. The zero-order chi connectivity index (χ0) is 56.0. The summed E-state index contributed by atoms with van der Waals surface area (Å²) in [5.74, 6) is -1.18. The highest BCUT2D eigenvalue weighted by molar-refractivity contribution is 7.47. The average molecular weight is 1100 g/mol. The summed E-state index contributed by atoms with van der Waals surface area (Å²) in [6.07, 6.45) is 38.4. The highest BCUT2D eigenvalue weighted by atomic mass is 31.2. The first-order chi connectivity index (χ1) is 37.5. The van der Waals surface area contributed by atoms with Gasteiger partial charge in [-0.15, -0.1) is 0 Å². The van der Waals surface area contributed by atoms with E-state index in [2.05, 4.69) is 58.8 Å². The van der Waals surface area contributed by atoms with Gasteiger partial charge in [0.2, 0.25) is 6.41 Å². The lowest BCUT2D eigenvalue weighted by Gasteiger charge is -2.21. The minimum Gasteiger partial charge on any atom is -0.462 e. The van der Waals surface area contributed by atoms with Gasteiger partial charge in [-0.05, 0) is 81.9 Å². The molecule has 2 amide bonds. The number of nitrogen functional groups attached to an aromatic ring is 1. The second kappa shape index (κ2) is 45.0. The molecule has 0 radical (unpaired) electrons. The fourth-order valence-corrected chi connectivity index (χ4v) is 8.99. The summed E-state index contributed by atoms with van der Waals surface area (Å²) in [7, 11) is -1.55. The van der Waals surface area contributed by atoms with Gasteiger partial charge in [-0.25, -0.2) is 4.57 Å². The lowest BCUT2D eigenvalue weighted by molar-refractivity contribution is -0.161. The number of nitrogens with one attached hydrogen (secondary N) is 2. The van der Waals surface area contributed by atoms with Crippen LogP contribution in [0.15, 0.2) is 48.6 Å². The molecule has 1 heterocycles. The van der Waals surface area contributed by atoms with Crippen LogP contribution in [0, 0.1) is 0 Å². The van der Waals surface area contributed by atoms with Crippen LogP contribution in [0.2, 0.25) is 0 Å². The van der Waals surface area contributed by atoms with E-state index in [0.717, 1.165) is 77.0 Å². The molecule has 0 saturated carbocycles. The Balaban J connectivity index is 1.83. The van der Waals surface area contributed by atoms with Crippen LogP contribution in [0.25, 0.3) is 0 Å². The quantitative estimate of drug-likeness (QED) is 0.0158.